The van der Waals surface area contributed by atoms with Crippen LogP contribution in [0.3, 0.4) is 0 Å². The van der Waals surface area contributed by atoms with E-state index in [1.807, 2.05) is 0 Å². The molecule has 16 heavy (non-hydrogen) atoms. The topological polar surface area (TPSA) is 48.1 Å². The molecule has 0 unspecified atom stereocenters. The van der Waals surface area contributed by atoms with E-state index in [4.69, 9.17) is 5.73 Å². The van der Waals surface area contributed by atoms with E-state index in [1.54, 1.807) is 0 Å². The quantitative estimate of drug-likeness (QED) is 0.811. The van der Waals surface area contributed by atoms with Crippen molar-refractivity contribution in [3.63, 3.8) is 0 Å². The SMILES string of the molecule is Cc1nc(N)c(OC(F)(F)F)cc1C(F)F. The lowest BCUT2D eigenvalue weighted by Gasteiger charge is -2.13. The van der Waals surface area contributed by atoms with Gasteiger partial charge in [0.05, 0.1) is 0 Å². The summed E-state index contributed by atoms with van der Waals surface area (Å²) in [6.07, 6.45) is -7.94. The molecule has 0 aliphatic heterocycles. The smallest absolute Gasteiger partial charge is 0.402 e. The molecule has 0 saturated carbocycles. The summed E-state index contributed by atoms with van der Waals surface area (Å²) in [4.78, 5) is 3.35. The molecule has 90 valence electrons. The molecule has 1 heterocycles. The second-order valence-electron chi connectivity index (χ2n) is 2.89. The van der Waals surface area contributed by atoms with Gasteiger partial charge in [-0.2, -0.15) is 0 Å². The Kier molecular flexibility index (Phi) is 3.20. The van der Waals surface area contributed by atoms with Gasteiger partial charge in [-0.15, -0.1) is 13.2 Å². The van der Waals surface area contributed by atoms with Gasteiger partial charge in [-0.05, 0) is 13.0 Å². The number of nitrogen functional groups attached to an aromatic ring is 1. The second kappa shape index (κ2) is 4.11. The highest BCUT2D eigenvalue weighted by molar-refractivity contribution is 5.49. The number of aromatic nitrogens is 1. The maximum absolute atomic E-state index is 12.4. The average molecular weight is 242 g/mol. The van der Waals surface area contributed by atoms with E-state index in [0.29, 0.717) is 6.07 Å². The third-order valence-electron chi connectivity index (χ3n) is 1.71. The number of nitrogens with zero attached hydrogens (tertiary/aromatic N) is 1. The number of hydrogen-bond donors (Lipinski definition) is 1. The van der Waals surface area contributed by atoms with Gasteiger partial charge in [0.25, 0.3) is 6.43 Å². The summed E-state index contributed by atoms with van der Waals surface area (Å²) in [5.41, 5.74) is 4.33. The summed E-state index contributed by atoms with van der Waals surface area (Å²) in [7, 11) is 0. The van der Waals surface area contributed by atoms with Crippen LogP contribution in [0.25, 0.3) is 0 Å². The Balaban J connectivity index is 3.15. The highest BCUT2D eigenvalue weighted by atomic mass is 19.4. The number of hydrogen-bond acceptors (Lipinski definition) is 3. The number of aryl methyl sites for hydroxylation is 1. The van der Waals surface area contributed by atoms with Crippen molar-refractivity contribution in [3.05, 3.63) is 17.3 Å². The lowest BCUT2D eigenvalue weighted by Crippen LogP contribution is -2.19. The molecule has 0 spiro atoms. The first-order valence-corrected chi connectivity index (χ1v) is 4.01. The fourth-order valence-electron chi connectivity index (χ4n) is 1.05. The van der Waals surface area contributed by atoms with Crippen LogP contribution in [0.15, 0.2) is 6.07 Å². The molecule has 0 aliphatic carbocycles. The first kappa shape index (κ1) is 12.5. The zero-order valence-corrected chi connectivity index (χ0v) is 7.98. The zero-order valence-electron chi connectivity index (χ0n) is 7.98. The molecule has 0 bridgehead atoms. The van der Waals surface area contributed by atoms with E-state index in [9.17, 15) is 22.0 Å². The average Bonchev–Trinajstić information content (AvgIpc) is 2.07. The van der Waals surface area contributed by atoms with Gasteiger partial charge >= 0.3 is 6.36 Å². The Labute approximate surface area is 87.0 Å². The Bertz CT molecular complexity index is 391. The monoisotopic (exact) mass is 242 g/mol. The van der Waals surface area contributed by atoms with Gasteiger partial charge in [0.2, 0.25) is 0 Å². The first-order chi connectivity index (χ1) is 7.20. The lowest BCUT2D eigenvalue weighted by molar-refractivity contribution is -0.274. The van der Waals surface area contributed by atoms with Crippen LogP contribution in [0.1, 0.15) is 17.7 Å². The maximum atomic E-state index is 12.4. The van der Waals surface area contributed by atoms with Crippen LogP contribution in [-0.2, 0) is 0 Å². The minimum Gasteiger partial charge on any atom is -0.402 e. The molecule has 0 fully saturated rings. The highest BCUT2D eigenvalue weighted by Crippen LogP contribution is 2.32. The molecule has 0 saturated heterocycles. The molecule has 1 rings (SSSR count). The van der Waals surface area contributed by atoms with E-state index in [1.165, 1.54) is 6.92 Å². The molecule has 0 aliphatic rings. The van der Waals surface area contributed by atoms with Crippen molar-refractivity contribution >= 4 is 5.82 Å². The van der Waals surface area contributed by atoms with Crippen LogP contribution in [-0.4, -0.2) is 11.3 Å². The molecule has 1 aromatic heterocycles. The largest absolute Gasteiger partial charge is 0.573 e. The van der Waals surface area contributed by atoms with Crippen molar-refractivity contribution in [3.8, 4) is 5.75 Å². The third kappa shape index (κ3) is 2.94. The summed E-state index contributed by atoms with van der Waals surface area (Å²) in [6.45, 7) is 1.22. The van der Waals surface area contributed by atoms with Crippen molar-refractivity contribution in [1.29, 1.82) is 0 Å². The van der Waals surface area contributed by atoms with Crippen LogP contribution >= 0.6 is 0 Å². The third-order valence-corrected chi connectivity index (χ3v) is 1.71. The Morgan fingerprint density at radius 2 is 1.94 bits per heavy atom. The van der Waals surface area contributed by atoms with Crippen LogP contribution in [0.4, 0.5) is 27.8 Å². The summed E-state index contributed by atoms with van der Waals surface area (Å²) in [5.74, 6) is -1.51. The minimum atomic E-state index is -5.00. The van der Waals surface area contributed by atoms with Crippen LogP contribution in [0.2, 0.25) is 0 Å². The van der Waals surface area contributed by atoms with E-state index < -0.39 is 29.9 Å². The first-order valence-electron chi connectivity index (χ1n) is 4.01. The van der Waals surface area contributed by atoms with Crippen LogP contribution in [0, 0.1) is 6.92 Å². The van der Waals surface area contributed by atoms with Crippen molar-refractivity contribution in [2.45, 2.75) is 19.7 Å². The van der Waals surface area contributed by atoms with Gasteiger partial charge in [0.1, 0.15) is 0 Å². The molecule has 3 nitrogen and oxygen atoms in total. The van der Waals surface area contributed by atoms with Gasteiger partial charge in [-0.1, -0.05) is 0 Å². The second-order valence-corrected chi connectivity index (χ2v) is 2.89. The standard InChI is InChI=1S/C8H7F5N2O/c1-3-4(6(9)10)2-5(7(14)15-3)16-8(11,12)13/h2,6H,1H3,(H2,14,15). The molecular formula is C8H7F5N2O. The summed E-state index contributed by atoms with van der Waals surface area (Å²) in [5, 5.41) is 0. The van der Waals surface area contributed by atoms with Gasteiger partial charge in [0.15, 0.2) is 11.6 Å². The van der Waals surface area contributed by atoms with E-state index >= 15 is 0 Å². The summed E-state index contributed by atoms with van der Waals surface area (Å²) < 4.78 is 63.8. The molecule has 0 aromatic carbocycles. The molecule has 0 amide bonds. The van der Waals surface area contributed by atoms with Crippen molar-refractivity contribution in [1.82, 2.24) is 4.98 Å². The van der Waals surface area contributed by atoms with Gasteiger partial charge < -0.3 is 10.5 Å². The predicted octanol–water partition coefficient (Wildman–Crippen LogP) is 2.81. The maximum Gasteiger partial charge on any atom is 0.573 e. The van der Waals surface area contributed by atoms with Crippen LogP contribution < -0.4 is 10.5 Å². The van der Waals surface area contributed by atoms with Crippen molar-refractivity contribution < 1.29 is 26.7 Å². The van der Waals surface area contributed by atoms with Gasteiger partial charge in [-0.3, -0.25) is 0 Å². The molecule has 2 N–H and O–H groups in total. The van der Waals surface area contributed by atoms with E-state index in [-0.39, 0.29) is 5.69 Å². The Morgan fingerprint density at radius 1 is 1.38 bits per heavy atom. The number of anilines is 1. The Morgan fingerprint density at radius 3 is 2.38 bits per heavy atom. The molecule has 0 atom stereocenters. The van der Waals surface area contributed by atoms with Gasteiger partial charge in [0, 0.05) is 11.3 Å². The molecule has 8 heteroatoms. The Hall–Kier alpha value is -1.60. The number of pyridine rings is 1. The number of ether oxygens (including phenoxy) is 1. The number of rotatable bonds is 2. The number of halogens is 5. The van der Waals surface area contributed by atoms with E-state index in [0.717, 1.165) is 0 Å². The molecule has 1 aromatic rings. The summed E-state index contributed by atoms with van der Waals surface area (Å²) in [6, 6.07) is 0.538. The predicted molar refractivity (Wildman–Crippen MR) is 45.0 cm³/mol. The molecule has 0 radical (unpaired) electrons. The van der Waals surface area contributed by atoms with Gasteiger partial charge in [-0.25, -0.2) is 13.8 Å². The summed E-state index contributed by atoms with van der Waals surface area (Å²) >= 11 is 0. The van der Waals surface area contributed by atoms with Crippen molar-refractivity contribution in [2.75, 3.05) is 5.73 Å². The normalized spacial score (nSPS) is 11.9. The van der Waals surface area contributed by atoms with Crippen molar-refractivity contribution in [2.24, 2.45) is 0 Å². The fourth-order valence-corrected chi connectivity index (χ4v) is 1.05. The highest BCUT2D eigenvalue weighted by Gasteiger charge is 2.33. The number of alkyl halides is 5. The number of nitrogens with two attached hydrogens (primary N) is 1. The van der Waals surface area contributed by atoms with Crippen LogP contribution in [0.5, 0.6) is 5.75 Å². The lowest BCUT2D eigenvalue weighted by atomic mass is 10.2. The fraction of sp³-hybridized carbons (Fsp3) is 0.375. The molecular weight excluding hydrogens is 235 g/mol. The minimum absolute atomic E-state index is 0.137. The van der Waals surface area contributed by atoms with E-state index in [2.05, 4.69) is 9.72 Å². The zero-order chi connectivity index (χ0) is 12.5.